The Morgan fingerprint density at radius 2 is 1.81 bits per heavy atom. The smallest absolute Gasteiger partial charge is 0.416 e. The maximum absolute atomic E-state index is 12.9. The normalized spacial score (nSPS) is 12.1. The number of carbonyl (C=O) groups excluding carboxylic acids is 1. The first kappa shape index (κ1) is 24.2. The zero-order valence-corrected chi connectivity index (χ0v) is 17.6. The number of sulfonamides is 1. The van der Waals surface area contributed by atoms with Gasteiger partial charge in [-0.2, -0.15) is 13.2 Å². The van der Waals surface area contributed by atoms with Crippen LogP contribution in [0.3, 0.4) is 0 Å². The molecule has 0 amide bonds. The predicted octanol–water partition coefficient (Wildman–Crippen LogP) is 3.39. The molecule has 0 bridgehead atoms. The van der Waals surface area contributed by atoms with Gasteiger partial charge in [-0.15, -0.1) is 0 Å². The summed E-state index contributed by atoms with van der Waals surface area (Å²) in [4.78, 5) is 11.0. The Morgan fingerprint density at radius 3 is 2.39 bits per heavy atom. The molecule has 7 nitrogen and oxygen atoms in total. The van der Waals surface area contributed by atoms with E-state index in [0.29, 0.717) is 5.56 Å². The van der Waals surface area contributed by atoms with Gasteiger partial charge in [0.25, 0.3) is 0 Å². The van der Waals surface area contributed by atoms with Gasteiger partial charge in [0.05, 0.1) is 26.9 Å². The standard InChI is InChI=1S/C20H20F3NO6S/c1-28-16-10-13(7-8-18(25)29-2)11-17(19(16)30-3)31(26,27)24-12-14-5-4-6-15(9-14)20(21,22)23/h4-11,24H,12H2,1-3H3/b8-7+. The van der Waals surface area contributed by atoms with Crippen molar-refractivity contribution in [2.24, 2.45) is 0 Å². The molecule has 168 valence electrons. The SMILES string of the molecule is COC(=O)/C=C/c1cc(OC)c(OC)c(S(=O)(=O)NCc2cccc(C(F)(F)F)c2)c1. The number of rotatable bonds is 8. The minimum absolute atomic E-state index is 0.0777. The molecule has 0 aromatic heterocycles. The van der Waals surface area contributed by atoms with Crippen molar-refractivity contribution in [3.05, 3.63) is 59.2 Å². The zero-order valence-electron chi connectivity index (χ0n) is 16.8. The molecule has 0 radical (unpaired) electrons. The highest BCUT2D eigenvalue weighted by Crippen LogP contribution is 2.36. The Kier molecular flexibility index (Phi) is 7.69. The van der Waals surface area contributed by atoms with Crippen molar-refractivity contribution in [3.63, 3.8) is 0 Å². The fourth-order valence-electron chi connectivity index (χ4n) is 2.59. The molecule has 11 heteroatoms. The van der Waals surface area contributed by atoms with E-state index >= 15 is 0 Å². The number of benzene rings is 2. The van der Waals surface area contributed by atoms with Crippen LogP contribution in [-0.4, -0.2) is 35.7 Å². The van der Waals surface area contributed by atoms with E-state index in [9.17, 15) is 26.4 Å². The van der Waals surface area contributed by atoms with Crippen molar-refractivity contribution in [2.75, 3.05) is 21.3 Å². The lowest BCUT2D eigenvalue weighted by Gasteiger charge is -2.15. The molecule has 0 saturated heterocycles. The molecule has 0 unspecified atom stereocenters. The number of ether oxygens (including phenoxy) is 3. The Morgan fingerprint density at radius 1 is 1.10 bits per heavy atom. The second kappa shape index (κ2) is 9.84. The lowest BCUT2D eigenvalue weighted by Crippen LogP contribution is -2.24. The molecule has 0 aliphatic rings. The molecule has 2 rings (SSSR count). The summed E-state index contributed by atoms with van der Waals surface area (Å²) in [6.45, 7) is -0.389. The third-order valence-electron chi connectivity index (χ3n) is 4.09. The van der Waals surface area contributed by atoms with Crippen LogP contribution in [0.25, 0.3) is 6.08 Å². The fraction of sp³-hybridized carbons (Fsp3) is 0.250. The molecule has 1 N–H and O–H groups in total. The molecular formula is C20H20F3NO6S. The zero-order chi connectivity index (χ0) is 23.2. The van der Waals surface area contributed by atoms with Crippen molar-refractivity contribution in [3.8, 4) is 11.5 Å². The van der Waals surface area contributed by atoms with Gasteiger partial charge in [0.1, 0.15) is 4.90 Å². The average Bonchev–Trinajstić information content (AvgIpc) is 2.74. The summed E-state index contributed by atoms with van der Waals surface area (Å²) in [6.07, 6.45) is -2.14. The second-order valence-electron chi connectivity index (χ2n) is 6.13. The van der Waals surface area contributed by atoms with E-state index in [-0.39, 0.29) is 28.5 Å². The molecule has 0 fully saturated rings. The van der Waals surface area contributed by atoms with Crippen LogP contribution < -0.4 is 14.2 Å². The lowest BCUT2D eigenvalue weighted by molar-refractivity contribution is -0.137. The molecule has 2 aromatic rings. The van der Waals surface area contributed by atoms with Crippen molar-refractivity contribution >= 4 is 22.1 Å². The van der Waals surface area contributed by atoms with Crippen LogP contribution in [0.15, 0.2) is 47.4 Å². The van der Waals surface area contributed by atoms with E-state index in [1.54, 1.807) is 0 Å². The second-order valence-corrected chi connectivity index (χ2v) is 7.87. The number of hydrogen-bond donors (Lipinski definition) is 1. The van der Waals surface area contributed by atoms with E-state index in [1.807, 2.05) is 0 Å². The Labute approximate surface area is 177 Å². The number of halogens is 3. The first-order chi connectivity index (χ1) is 14.5. The number of nitrogens with one attached hydrogen (secondary N) is 1. The molecule has 31 heavy (non-hydrogen) atoms. The van der Waals surface area contributed by atoms with Crippen molar-refractivity contribution in [2.45, 2.75) is 17.6 Å². The molecule has 0 aliphatic heterocycles. The summed E-state index contributed by atoms with van der Waals surface area (Å²) in [5.41, 5.74) is -0.480. The molecular weight excluding hydrogens is 439 g/mol. The highest BCUT2D eigenvalue weighted by molar-refractivity contribution is 7.89. The fourth-order valence-corrected chi connectivity index (χ4v) is 3.82. The van der Waals surface area contributed by atoms with E-state index in [0.717, 1.165) is 18.2 Å². The molecule has 0 atom stereocenters. The number of hydrogen-bond acceptors (Lipinski definition) is 6. The molecule has 0 aliphatic carbocycles. The van der Waals surface area contributed by atoms with Gasteiger partial charge in [0, 0.05) is 12.6 Å². The van der Waals surface area contributed by atoms with E-state index in [4.69, 9.17) is 9.47 Å². The largest absolute Gasteiger partial charge is 0.493 e. The maximum Gasteiger partial charge on any atom is 0.416 e. The highest BCUT2D eigenvalue weighted by Gasteiger charge is 2.30. The molecule has 0 spiro atoms. The van der Waals surface area contributed by atoms with E-state index in [1.165, 1.54) is 51.7 Å². The lowest BCUT2D eigenvalue weighted by atomic mass is 10.1. The van der Waals surface area contributed by atoms with Gasteiger partial charge in [-0.1, -0.05) is 18.2 Å². The van der Waals surface area contributed by atoms with Gasteiger partial charge >= 0.3 is 12.1 Å². The Bertz CT molecular complexity index is 1080. The van der Waals surface area contributed by atoms with Crippen molar-refractivity contribution in [1.29, 1.82) is 0 Å². The number of methoxy groups -OCH3 is 3. The predicted molar refractivity (Wildman–Crippen MR) is 106 cm³/mol. The van der Waals surface area contributed by atoms with Gasteiger partial charge in [0.15, 0.2) is 11.5 Å². The number of carbonyl (C=O) groups is 1. The minimum atomic E-state index is -4.55. The summed E-state index contributed by atoms with van der Waals surface area (Å²) < 4.78 is 81.5. The van der Waals surface area contributed by atoms with Gasteiger partial charge in [-0.25, -0.2) is 17.9 Å². The van der Waals surface area contributed by atoms with Crippen LogP contribution in [0.2, 0.25) is 0 Å². The first-order valence-corrected chi connectivity index (χ1v) is 10.2. The first-order valence-electron chi connectivity index (χ1n) is 8.69. The number of alkyl halides is 3. The Hall–Kier alpha value is -3.05. The van der Waals surface area contributed by atoms with Crippen molar-refractivity contribution in [1.82, 2.24) is 4.72 Å². The van der Waals surface area contributed by atoms with Crippen molar-refractivity contribution < 1.29 is 40.6 Å². The van der Waals surface area contributed by atoms with Gasteiger partial charge in [-0.05, 0) is 35.4 Å². The number of esters is 1. The average molecular weight is 459 g/mol. The van der Waals surface area contributed by atoms with Crippen LogP contribution in [0.4, 0.5) is 13.2 Å². The summed E-state index contributed by atoms with van der Waals surface area (Å²) in [6, 6.07) is 6.98. The van der Waals surface area contributed by atoms with Gasteiger partial charge in [0.2, 0.25) is 10.0 Å². The van der Waals surface area contributed by atoms with Crippen LogP contribution in [-0.2, 0) is 32.3 Å². The topological polar surface area (TPSA) is 90.9 Å². The minimum Gasteiger partial charge on any atom is -0.493 e. The van der Waals surface area contributed by atoms with E-state index < -0.39 is 27.7 Å². The third-order valence-corrected chi connectivity index (χ3v) is 5.50. The molecule has 0 heterocycles. The quantitative estimate of drug-likeness (QED) is 0.481. The van der Waals surface area contributed by atoms with Gasteiger partial charge < -0.3 is 14.2 Å². The Balaban J connectivity index is 2.40. The van der Waals surface area contributed by atoms with Crippen LogP contribution >= 0.6 is 0 Å². The highest BCUT2D eigenvalue weighted by atomic mass is 32.2. The summed E-state index contributed by atoms with van der Waals surface area (Å²) >= 11 is 0. The van der Waals surface area contributed by atoms with E-state index in [2.05, 4.69) is 9.46 Å². The summed E-state index contributed by atoms with van der Waals surface area (Å²) in [5.74, 6) is -0.676. The van der Waals surface area contributed by atoms with Gasteiger partial charge in [-0.3, -0.25) is 0 Å². The van der Waals surface area contributed by atoms with Crippen LogP contribution in [0, 0.1) is 0 Å². The monoisotopic (exact) mass is 459 g/mol. The summed E-state index contributed by atoms with van der Waals surface area (Å²) in [5, 5.41) is 0. The molecule has 2 aromatic carbocycles. The maximum atomic E-state index is 12.9. The third kappa shape index (κ3) is 6.22. The molecule has 0 saturated carbocycles. The summed E-state index contributed by atoms with van der Waals surface area (Å²) in [7, 11) is -0.498. The van der Waals surface area contributed by atoms with Crippen LogP contribution in [0.5, 0.6) is 11.5 Å². The van der Waals surface area contributed by atoms with Crippen LogP contribution in [0.1, 0.15) is 16.7 Å².